The van der Waals surface area contributed by atoms with E-state index in [1.54, 1.807) is 6.92 Å². The topological polar surface area (TPSA) is 40.5 Å². The predicted octanol–water partition coefficient (Wildman–Crippen LogP) is 0.625. The molecular weight excluding hydrogens is 180 g/mol. The Morgan fingerprint density at radius 2 is 2.31 bits per heavy atom. The normalized spacial score (nSPS) is 26.9. The Balaban J connectivity index is 2.74. The summed E-state index contributed by atoms with van der Waals surface area (Å²) in [5.74, 6) is -4.42. The zero-order chi connectivity index (χ0) is 10.1. The van der Waals surface area contributed by atoms with Crippen LogP contribution in [0, 0.1) is 0 Å². The maximum atomic E-state index is 12.8. The molecule has 0 aromatic carbocycles. The highest BCUT2D eigenvalue weighted by Gasteiger charge is 2.52. The molecule has 0 spiro atoms. The molecule has 1 rings (SSSR count). The van der Waals surface area contributed by atoms with Gasteiger partial charge >= 0.3 is 5.92 Å². The number of rotatable bonds is 3. The molecule has 1 atom stereocenters. The van der Waals surface area contributed by atoms with Crippen LogP contribution in [-0.4, -0.2) is 41.0 Å². The zero-order valence-corrected chi connectivity index (χ0v) is 7.46. The molecule has 3 nitrogen and oxygen atoms in total. The molecule has 1 fully saturated rings. The van der Waals surface area contributed by atoms with Gasteiger partial charge in [-0.1, -0.05) is 6.92 Å². The molecule has 1 heterocycles. The minimum atomic E-state index is -3.28. The van der Waals surface area contributed by atoms with Gasteiger partial charge in [0.05, 0.1) is 12.6 Å². The van der Waals surface area contributed by atoms with Crippen LogP contribution in [0.5, 0.6) is 0 Å². The summed E-state index contributed by atoms with van der Waals surface area (Å²) in [5, 5.41) is 8.79. The van der Waals surface area contributed by atoms with Gasteiger partial charge in [0, 0.05) is 13.0 Å². The average Bonchev–Trinajstić information content (AvgIpc) is 2.29. The highest BCUT2D eigenvalue weighted by atomic mass is 19.3. The Hall–Kier alpha value is -0.710. The Morgan fingerprint density at radius 3 is 2.77 bits per heavy atom. The van der Waals surface area contributed by atoms with E-state index in [1.165, 1.54) is 0 Å². The van der Waals surface area contributed by atoms with Crippen LogP contribution in [0.25, 0.3) is 0 Å². The van der Waals surface area contributed by atoms with Gasteiger partial charge in [-0.05, 0) is 6.42 Å². The van der Waals surface area contributed by atoms with Crippen LogP contribution >= 0.6 is 0 Å². The van der Waals surface area contributed by atoms with Gasteiger partial charge in [-0.2, -0.15) is 8.78 Å². The van der Waals surface area contributed by atoms with Crippen molar-refractivity contribution in [3.63, 3.8) is 0 Å². The largest absolute Gasteiger partial charge is 0.394 e. The van der Waals surface area contributed by atoms with Crippen molar-refractivity contribution in [2.24, 2.45) is 0 Å². The van der Waals surface area contributed by atoms with E-state index in [9.17, 15) is 13.6 Å². The number of aliphatic hydroxyl groups excluding tert-OH is 1. The molecule has 0 radical (unpaired) electrons. The summed E-state index contributed by atoms with van der Waals surface area (Å²) in [7, 11) is 0. The lowest BCUT2D eigenvalue weighted by Crippen LogP contribution is -2.38. The maximum absolute atomic E-state index is 12.8. The Morgan fingerprint density at radius 1 is 1.69 bits per heavy atom. The number of likely N-dealkylation sites (tertiary alicyclic amines) is 1. The van der Waals surface area contributed by atoms with E-state index in [2.05, 4.69) is 0 Å². The van der Waals surface area contributed by atoms with Crippen LogP contribution in [0.2, 0.25) is 0 Å². The minimum Gasteiger partial charge on any atom is -0.394 e. The van der Waals surface area contributed by atoms with Crippen molar-refractivity contribution in [2.45, 2.75) is 31.7 Å². The lowest BCUT2D eigenvalue weighted by molar-refractivity contribution is -0.148. The predicted molar refractivity (Wildman–Crippen MR) is 42.4 cm³/mol. The van der Waals surface area contributed by atoms with Gasteiger partial charge in [0.2, 0.25) is 0 Å². The van der Waals surface area contributed by atoms with Gasteiger partial charge in [0.25, 0.3) is 5.91 Å². The van der Waals surface area contributed by atoms with Crippen LogP contribution < -0.4 is 0 Å². The molecule has 1 amide bonds. The molecule has 0 bridgehead atoms. The highest BCUT2D eigenvalue weighted by molar-refractivity contribution is 5.86. The number of hydrogen-bond donors (Lipinski definition) is 1. The van der Waals surface area contributed by atoms with Crippen molar-refractivity contribution in [1.82, 2.24) is 4.90 Å². The molecule has 0 saturated carbocycles. The molecule has 0 aliphatic carbocycles. The lowest BCUT2D eigenvalue weighted by Gasteiger charge is -2.21. The third kappa shape index (κ3) is 1.80. The van der Waals surface area contributed by atoms with Crippen molar-refractivity contribution in [1.29, 1.82) is 0 Å². The standard InChI is InChI=1S/C8H13F2NO2/c1-2-3-11-6(5-12)4-8(9,10)7(11)13/h6,12H,2-5H2,1H3. The van der Waals surface area contributed by atoms with Crippen LogP contribution in [0.4, 0.5) is 8.78 Å². The molecule has 5 heteroatoms. The van der Waals surface area contributed by atoms with Gasteiger partial charge in [0.15, 0.2) is 0 Å². The van der Waals surface area contributed by atoms with E-state index in [4.69, 9.17) is 5.11 Å². The minimum absolute atomic E-state index is 0.291. The first-order chi connectivity index (χ1) is 6.03. The molecule has 0 aromatic heterocycles. The van der Waals surface area contributed by atoms with E-state index in [0.29, 0.717) is 13.0 Å². The lowest BCUT2D eigenvalue weighted by atomic mass is 10.2. The van der Waals surface area contributed by atoms with Crippen molar-refractivity contribution in [3.05, 3.63) is 0 Å². The molecule has 1 unspecified atom stereocenters. The summed E-state index contributed by atoms with van der Waals surface area (Å²) in [6.07, 6.45) is 0.0701. The van der Waals surface area contributed by atoms with Gasteiger partial charge in [-0.25, -0.2) is 0 Å². The second kappa shape index (κ2) is 3.57. The second-order valence-corrected chi connectivity index (χ2v) is 3.24. The van der Waals surface area contributed by atoms with Crippen LogP contribution in [0.3, 0.4) is 0 Å². The number of nitrogens with zero attached hydrogens (tertiary/aromatic N) is 1. The maximum Gasteiger partial charge on any atom is 0.326 e. The number of carbonyl (C=O) groups is 1. The quantitative estimate of drug-likeness (QED) is 0.714. The van der Waals surface area contributed by atoms with Gasteiger partial charge in [0.1, 0.15) is 0 Å². The van der Waals surface area contributed by atoms with E-state index in [0.717, 1.165) is 4.90 Å². The molecule has 1 N–H and O–H groups in total. The second-order valence-electron chi connectivity index (χ2n) is 3.24. The van der Waals surface area contributed by atoms with Crippen molar-refractivity contribution in [2.75, 3.05) is 13.2 Å². The molecule has 1 saturated heterocycles. The Bertz CT molecular complexity index is 208. The zero-order valence-electron chi connectivity index (χ0n) is 7.46. The molecular formula is C8H13F2NO2. The first-order valence-electron chi connectivity index (χ1n) is 4.32. The number of halogens is 2. The fraction of sp³-hybridized carbons (Fsp3) is 0.875. The SMILES string of the molecule is CCCN1C(=O)C(F)(F)CC1CO. The summed E-state index contributed by atoms with van der Waals surface area (Å²) >= 11 is 0. The van der Waals surface area contributed by atoms with Gasteiger partial charge in [-0.3, -0.25) is 4.79 Å². The van der Waals surface area contributed by atoms with Crippen molar-refractivity contribution < 1.29 is 18.7 Å². The van der Waals surface area contributed by atoms with Crippen molar-refractivity contribution >= 4 is 5.91 Å². The summed E-state index contributed by atoms with van der Waals surface area (Å²) in [4.78, 5) is 12.1. The Labute approximate surface area is 75.3 Å². The summed E-state index contributed by atoms with van der Waals surface area (Å²) in [6.45, 7) is 1.71. The summed E-state index contributed by atoms with van der Waals surface area (Å²) in [6, 6.07) is -0.706. The molecule has 76 valence electrons. The van der Waals surface area contributed by atoms with E-state index < -0.39 is 24.3 Å². The number of aliphatic hydroxyl groups is 1. The molecule has 1 aliphatic rings. The third-order valence-electron chi connectivity index (χ3n) is 2.18. The smallest absolute Gasteiger partial charge is 0.326 e. The number of carbonyl (C=O) groups excluding carboxylic acids is 1. The van der Waals surface area contributed by atoms with Gasteiger partial charge in [-0.15, -0.1) is 0 Å². The van der Waals surface area contributed by atoms with E-state index in [-0.39, 0.29) is 6.61 Å². The van der Waals surface area contributed by atoms with Gasteiger partial charge < -0.3 is 10.0 Å². The molecule has 0 aromatic rings. The van der Waals surface area contributed by atoms with Crippen LogP contribution in [-0.2, 0) is 4.79 Å². The van der Waals surface area contributed by atoms with Crippen molar-refractivity contribution in [3.8, 4) is 0 Å². The number of amides is 1. The number of hydrogen-bond acceptors (Lipinski definition) is 2. The fourth-order valence-electron chi connectivity index (χ4n) is 1.56. The highest BCUT2D eigenvalue weighted by Crippen LogP contribution is 2.33. The monoisotopic (exact) mass is 193 g/mol. The Kier molecular flexibility index (Phi) is 2.85. The third-order valence-corrected chi connectivity index (χ3v) is 2.18. The summed E-state index contributed by atoms with van der Waals surface area (Å²) < 4.78 is 25.7. The molecule has 13 heavy (non-hydrogen) atoms. The van der Waals surface area contributed by atoms with Crippen LogP contribution in [0.15, 0.2) is 0 Å². The van der Waals surface area contributed by atoms with E-state index >= 15 is 0 Å². The summed E-state index contributed by atoms with van der Waals surface area (Å²) in [5.41, 5.74) is 0. The molecule has 1 aliphatic heterocycles. The average molecular weight is 193 g/mol. The number of alkyl halides is 2. The first kappa shape index (κ1) is 10.4. The fourth-order valence-corrected chi connectivity index (χ4v) is 1.56. The van der Waals surface area contributed by atoms with Crippen LogP contribution in [0.1, 0.15) is 19.8 Å². The van der Waals surface area contributed by atoms with E-state index in [1.807, 2.05) is 0 Å². The first-order valence-corrected chi connectivity index (χ1v) is 4.32.